The van der Waals surface area contributed by atoms with Gasteiger partial charge in [0.2, 0.25) is 0 Å². The first-order chi connectivity index (χ1) is 15.4. The molecule has 0 bridgehead atoms. The van der Waals surface area contributed by atoms with E-state index in [1.54, 1.807) is 4.68 Å². The fraction of sp³-hybridized carbons (Fsp3) is 0.435. The molecule has 1 saturated heterocycles. The van der Waals surface area contributed by atoms with Crippen LogP contribution in [0.4, 0.5) is 0 Å². The topological polar surface area (TPSA) is 100 Å². The van der Waals surface area contributed by atoms with Gasteiger partial charge in [-0.3, -0.25) is 0 Å². The number of carbonyl (C=O) groups excluding carboxylic acids is 1. The van der Waals surface area contributed by atoms with Crippen molar-refractivity contribution in [2.75, 3.05) is 24.7 Å². The zero-order valence-electron chi connectivity index (χ0n) is 17.9. The molecule has 1 aliphatic carbocycles. The molecule has 2 fully saturated rings. The molecule has 2 aromatic heterocycles. The highest BCUT2D eigenvalue weighted by Gasteiger charge is 2.34. The van der Waals surface area contributed by atoms with E-state index in [1.165, 1.54) is 0 Å². The van der Waals surface area contributed by atoms with Gasteiger partial charge in [-0.15, -0.1) is 0 Å². The Bertz CT molecular complexity index is 1270. The zero-order chi connectivity index (χ0) is 22.3. The number of fused-ring (bicyclic) bond motifs is 1. The molecule has 1 saturated carbocycles. The highest BCUT2D eigenvalue weighted by Crippen LogP contribution is 2.41. The molecule has 1 aliphatic heterocycles. The summed E-state index contributed by atoms with van der Waals surface area (Å²) >= 11 is 0. The third kappa shape index (κ3) is 4.21. The van der Waals surface area contributed by atoms with E-state index in [0.29, 0.717) is 34.6 Å². The summed E-state index contributed by atoms with van der Waals surface area (Å²) in [6.07, 6.45) is 2.57. The van der Waals surface area contributed by atoms with Crippen molar-refractivity contribution >= 4 is 26.8 Å². The van der Waals surface area contributed by atoms with E-state index in [1.807, 2.05) is 43.3 Å². The number of sulfone groups is 1. The van der Waals surface area contributed by atoms with Gasteiger partial charge in [-0.05, 0) is 44.4 Å². The third-order valence-corrected chi connectivity index (χ3v) is 7.71. The lowest BCUT2D eigenvalue weighted by Gasteiger charge is -2.12. The van der Waals surface area contributed by atoms with Gasteiger partial charge in [0.25, 0.3) is 0 Å². The van der Waals surface area contributed by atoms with Gasteiger partial charge in [0.1, 0.15) is 19.0 Å². The van der Waals surface area contributed by atoms with Gasteiger partial charge >= 0.3 is 5.97 Å². The molecule has 0 spiro atoms. The van der Waals surface area contributed by atoms with Crippen molar-refractivity contribution in [2.45, 2.75) is 38.1 Å². The summed E-state index contributed by atoms with van der Waals surface area (Å²) < 4.78 is 36.9. The molecular formula is C23H25N3O5S. The summed E-state index contributed by atoms with van der Waals surface area (Å²) in [6, 6.07) is 10.9. The number of hydrogen-bond donors (Lipinski definition) is 0. The number of para-hydroxylation sites is 1. The average molecular weight is 456 g/mol. The Morgan fingerprint density at radius 1 is 1.16 bits per heavy atom. The van der Waals surface area contributed by atoms with Crippen LogP contribution in [0.5, 0.6) is 5.75 Å². The maximum Gasteiger partial charge on any atom is 0.339 e. The van der Waals surface area contributed by atoms with Crippen molar-refractivity contribution in [1.82, 2.24) is 14.8 Å². The second-order valence-corrected chi connectivity index (χ2v) is 10.7. The standard InChI is InChI=1S/C23H25N3O5S/c1-15-21-19(23(27)31-11-10-30-18-5-3-2-4-6-18)13-20(16-7-8-16)24-22(21)26(25-15)17-9-12-32(28,29)14-17/h2-6,13,16-17H,7-12,14H2,1H3. The van der Waals surface area contributed by atoms with Crippen molar-refractivity contribution in [3.63, 3.8) is 0 Å². The van der Waals surface area contributed by atoms with Crippen molar-refractivity contribution in [3.8, 4) is 5.75 Å². The van der Waals surface area contributed by atoms with Crippen LogP contribution in [0.15, 0.2) is 36.4 Å². The van der Waals surface area contributed by atoms with Crippen LogP contribution in [-0.4, -0.2) is 53.9 Å². The van der Waals surface area contributed by atoms with Crippen molar-refractivity contribution in [2.24, 2.45) is 0 Å². The fourth-order valence-electron chi connectivity index (χ4n) is 4.19. The van der Waals surface area contributed by atoms with E-state index in [2.05, 4.69) is 5.10 Å². The largest absolute Gasteiger partial charge is 0.490 e. The van der Waals surface area contributed by atoms with Crippen LogP contribution in [0.3, 0.4) is 0 Å². The van der Waals surface area contributed by atoms with E-state index in [-0.39, 0.29) is 30.8 Å². The Labute approximate surface area is 186 Å². The van der Waals surface area contributed by atoms with E-state index in [4.69, 9.17) is 14.5 Å². The molecule has 3 heterocycles. The first-order valence-corrected chi connectivity index (χ1v) is 12.7. The molecule has 32 heavy (non-hydrogen) atoms. The maximum atomic E-state index is 13.0. The molecule has 0 N–H and O–H groups in total. The average Bonchev–Trinajstić information content (AvgIpc) is 3.50. The smallest absolute Gasteiger partial charge is 0.339 e. The normalized spacial score (nSPS) is 19.8. The van der Waals surface area contributed by atoms with Crippen LogP contribution < -0.4 is 4.74 Å². The number of ether oxygens (including phenoxy) is 2. The Kier molecular flexibility index (Phi) is 5.36. The number of nitrogens with zero attached hydrogens (tertiary/aromatic N) is 3. The van der Waals surface area contributed by atoms with Crippen LogP contribution in [0.25, 0.3) is 11.0 Å². The van der Waals surface area contributed by atoms with Crippen LogP contribution >= 0.6 is 0 Å². The van der Waals surface area contributed by atoms with Crippen molar-refractivity contribution in [1.29, 1.82) is 0 Å². The molecule has 9 heteroatoms. The molecule has 168 valence electrons. The Morgan fingerprint density at radius 2 is 1.94 bits per heavy atom. The highest BCUT2D eigenvalue weighted by atomic mass is 32.2. The van der Waals surface area contributed by atoms with Crippen LogP contribution in [-0.2, 0) is 14.6 Å². The molecule has 0 radical (unpaired) electrons. The SMILES string of the molecule is Cc1nn(C2CCS(=O)(=O)C2)c2nc(C3CC3)cc(C(=O)OCCOc3ccccc3)c12. The van der Waals surface area contributed by atoms with Gasteiger partial charge in [0, 0.05) is 11.6 Å². The molecule has 2 aliphatic rings. The van der Waals surface area contributed by atoms with Gasteiger partial charge in [0.15, 0.2) is 15.5 Å². The van der Waals surface area contributed by atoms with Crippen LogP contribution in [0, 0.1) is 6.92 Å². The van der Waals surface area contributed by atoms with Crippen molar-refractivity contribution in [3.05, 3.63) is 53.3 Å². The highest BCUT2D eigenvalue weighted by molar-refractivity contribution is 7.91. The minimum atomic E-state index is -3.08. The molecule has 0 amide bonds. The number of esters is 1. The quantitative estimate of drug-likeness (QED) is 0.398. The van der Waals surface area contributed by atoms with Gasteiger partial charge in [0.05, 0.1) is 34.2 Å². The van der Waals surface area contributed by atoms with Gasteiger partial charge in [-0.1, -0.05) is 18.2 Å². The number of benzene rings is 1. The number of hydrogen-bond acceptors (Lipinski definition) is 7. The molecule has 1 aromatic carbocycles. The summed E-state index contributed by atoms with van der Waals surface area (Å²) in [5.41, 5.74) is 2.49. The second kappa shape index (κ2) is 8.20. The lowest BCUT2D eigenvalue weighted by molar-refractivity contribution is 0.0452. The predicted molar refractivity (Wildman–Crippen MR) is 119 cm³/mol. The second-order valence-electron chi connectivity index (χ2n) is 8.45. The van der Waals surface area contributed by atoms with E-state index in [9.17, 15) is 13.2 Å². The maximum absolute atomic E-state index is 13.0. The fourth-order valence-corrected chi connectivity index (χ4v) is 5.88. The predicted octanol–water partition coefficient (Wildman–Crippen LogP) is 3.21. The van der Waals surface area contributed by atoms with Crippen LogP contribution in [0.1, 0.15) is 53.0 Å². The molecular weight excluding hydrogens is 430 g/mol. The summed E-state index contributed by atoms with van der Waals surface area (Å²) in [7, 11) is -3.08. The number of pyridine rings is 1. The van der Waals surface area contributed by atoms with Gasteiger partial charge in [-0.2, -0.15) is 5.10 Å². The Morgan fingerprint density at radius 3 is 2.62 bits per heavy atom. The number of carbonyl (C=O) groups is 1. The zero-order valence-corrected chi connectivity index (χ0v) is 18.7. The minimum absolute atomic E-state index is 0.0508. The Hall–Kier alpha value is -2.94. The third-order valence-electron chi connectivity index (χ3n) is 5.95. The van der Waals surface area contributed by atoms with E-state index >= 15 is 0 Å². The van der Waals surface area contributed by atoms with E-state index in [0.717, 1.165) is 24.3 Å². The number of aromatic nitrogens is 3. The molecule has 1 unspecified atom stereocenters. The lowest BCUT2D eigenvalue weighted by atomic mass is 10.1. The number of aryl methyl sites for hydroxylation is 1. The summed E-state index contributed by atoms with van der Waals surface area (Å²) in [5, 5.41) is 5.23. The Balaban J connectivity index is 1.41. The monoisotopic (exact) mass is 455 g/mol. The van der Waals surface area contributed by atoms with Gasteiger partial charge < -0.3 is 9.47 Å². The molecule has 3 aromatic rings. The molecule has 1 atom stereocenters. The summed E-state index contributed by atoms with van der Waals surface area (Å²) in [5.74, 6) is 0.793. The lowest BCUT2D eigenvalue weighted by Crippen LogP contribution is -2.15. The molecule has 5 rings (SSSR count). The first kappa shape index (κ1) is 20.9. The minimum Gasteiger partial charge on any atom is -0.490 e. The summed E-state index contributed by atoms with van der Waals surface area (Å²) in [4.78, 5) is 17.8. The molecule has 8 nitrogen and oxygen atoms in total. The van der Waals surface area contributed by atoms with Crippen LogP contribution in [0.2, 0.25) is 0 Å². The van der Waals surface area contributed by atoms with Gasteiger partial charge in [-0.25, -0.2) is 22.9 Å². The number of rotatable bonds is 7. The van der Waals surface area contributed by atoms with E-state index < -0.39 is 15.8 Å². The summed E-state index contributed by atoms with van der Waals surface area (Å²) in [6.45, 7) is 2.18. The first-order valence-electron chi connectivity index (χ1n) is 10.9. The van der Waals surface area contributed by atoms with Crippen molar-refractivity contribution < 1.29 is 22.7 Å².